The second-order valence-electron chi connectivity index (χ2n) is 5.33. The predicted molar refractivity (Wildman–Crippen MR) is 98.3 cm³/mol. The molecule has 0 saturated carbocycles. The van der Waals surface area contributed by atoms with Crippen LogP contribution >= 0.6 is 0 Å². The Bertz CT molecular complexity index is 1080. The molecule has 0 saturated heterocycles. The number of hydrogen-bond acceptors (Lipinski definition) is 9. The Morgan fingerprint density at radius 2 is 1.79 bits per heavy atom. The van der Waals surface area contributed by atoms with E-state index in [-0.39, 0.29) is 0 Å². The Balaban J connectivity index is 2.43. The lowest BCUT2D eigenvalue weighted by Gasteiger charge is -2.07. The molecule has 0 bridgehead atoms. The van der Waals surface area contributed by atoms with Crippen LogP contribution in [-0.2, 0) is 14.9 Å². The summed E-state index contributed by atoms with van der Waals surface area (Å²) in [7, 11) is -4.89. The Kier molecular flexibility index (Phi) is 6.18. The van der Waals surface area contributed by atoms with E-state index >= 15 is 0 Å². The van der Waals surface area contributed by atoms with Crippen molar-refractivity contribution in [1.82, 2.24) is 0 Å². The van der Waals surface area contributed by atoms with E-state index in [1.54, 1.807) is 30.3 Å². The molecule has 4 N–H and O–H groups in total. The number of anilines is 1. The van der Waals surface area contributed by atoms with Crippen LogP contribution in [0.4, 0.5) is 17.1 Å². The van der Waals surface area contributed by atoms with Gasteiger partial charge in [0, 0.05) is 5.69 Å². The van der Waals surface area contributed by atoms with Crippen molar-refractivity contribution in [2.75, 3.05) is 5.32 Å². The number of carbonyl (C=O) groups is 1. The van der Waals surface area contributed by atoms with Gasteiger partial charge in [-0.2, -0.15) is 8.42 Å². The van der Waals surface area contributed by atoms with Gasteiger partial charge in [-0.15, -0.1) is 15.1 Å². The van der Waals surface area contributed by atoms with E-state index in [0.717, 1.165) is 13.0 Å². The van der Waals surface area contributed by atoms with E-state index in [4.69, 9.17) is 4.55 Å². The predicted octanol–water partition coefficient (Wildman–Crippen LogP) is 3.55. The molecule has 2 aromatic carbocycles. The first-order valence-electron chi connectivity index (χ1n) is 7.49. The van der Waals surface area contributed by atoms with E-state index in [0.29, 0.717) is 11.8 Å². The number of nitrogens with zero attached hydrogens (tertiary/aromatic N) is 3. The van der Waals surface area contributed by atoms with Crippen molar-refractivity contribution in [3.63, 3.8) is 0 Å². The van der Waals surface area contributed by atoms with Gasteiger partial charge >= 0.3 is 0 Å². The summed E-state index contributed by atoms with van der Waals surface area (Å²) in [4.78, 5) is 22.0. The number of para-hydroxylation sites is 1. The molecule has 0 unspecified atom stereocenters. The number of aliphatic hydroxyl groups excluding tert-OH is 1. The van der Waals surface area contributed by atoms with Gasteiger partial charge in [0.05, 0.1) is 0 Å². The van der Waals surface area contributed by atoms with Crippen LogP contribution in [0, 0.1) is 4.91 Å². The number of phenolic OH excluding ortho intramolecular Hbond substituents is 1. The number of hydrogen-bond donors (Lipinski definition) is 4. The Morgan fingerprint density at radius 3 is 2.32 bits per heavy atom. The van der Waals surface area contributed by atoms with Crippen LogP contribution in [0.3, 0.4) is 0 Å². The van der Waals surface area contributed by atoms with E-state index in [1.807, 2.05) is 0 Å². The molecule has 146 valence electrons. The van der Waals surface area contributed by atoms with Crippen molar-refractivity contribution in [2.24, 2.45) is 15.4 Å². The van der Waals surface area contributed by atoms with Crippen LogP contribution in [0.15, 0.2) is 74.2 Å². The molecule has 2 aromatic rings. The highest BCUT2D eigenvalue weighted by atomic mass is 32.2. The molecule has 12 heteroatoms. The number of aromatic hydroxyl groups is 1. The number of allylic oxidation sites excluding steroid dienone is 1. The third kappa shape index (κ3) is 4.96. The van der Waals surface area contributed by atoms with Crippen LogP contribution in [-0.4, -0.2) is 29.1 Å². The molecule has 0 spiro atoms. The van der Waals surface area contributed by atoms with Crippen molar-refractivity contribution in [3.05, 3.63) is 58.8 Å². The second-order valence-corrected chi connectivity index (χ2v) is 6.72. The fourth-order valence-corrected chi connectivity index (χ4v) is 2.62. The molecule has 0 aromatic heterocycles. The van der Waals surface area contributed by atoms with Crippen LogP contribution in [0.1, 0.15) is 6.92 Å². The average Bonchev–Trinajstić information content (AvgIpc) is 2.62. The molecule has 0 heterocycles. The van der Waals surface area contributed by atoms with Gasteiger partial charge in [-0.1, -0.05) is 18.2 Å². The molecule has 0 aliphatic heterocycles. The Morgan fingerprint density at radius 1 is 1.14 bits per heavy atom. The Labute approximate surface area is 158 Å². The first kappa shape index (κ1) is 20.7. The standard InChI is InChI=1S/C16H14N4O7S/c1-9(21)14(16(23)17-10-5-3-2-4-6-10)19-18-12-7-11(20-24)8-13(15(12)22)28(25,26)27/h2-8,21-22H,1H3,(H,17,23)(H,25,26,27)/b14-9-,19-18?. The van der Waals surface area contributed by atoms with Gasteiger partial charge in [-0.05, 0) is 36.4 Å². The topological polar surface area (TPSA) is 178 Å². The molecular weight excluding hydrogens is 392 g/mol. The first-order valence-corrected chi connectivity index (χ1v) is 8.93. The fraction of sp³-hybridized carbons (Fsp3) is 0.0625. The normalized spacial score (nSPS) is 12.5. The highest BCUT2D eigenvalue weighted by molar-refractivity contribution is 7.86. The summed E-state index contributed by atoms with van der Waals surface area (Å²) in [6.07, 6.45) is 0. The largest absolute Gasteiger partial charge is 0.510 e. The van der Waals surface area contributed by atoms with E-state index in [2.05, 4.69) is 20.7 Å². The van der Waals surface area contributed by atoms with Gasteiger partial charge in [0.15, 0.2) is 11.4 Å². The van der Waals surface area contributed by atoms with Gasteiger partial charge in [0.1, 0.15) is 22.0 Å². The number of aliphatic hydroxyl groups is 1. The van der Waals surface area contributed by atoms with Crippen molar-refractivity contribution in [3.8, 4) is 5.75 Å². The summed E-state index contributed by atoms with van der Waals surface area (Å²) in [5.74, 6) is -2.37. The van der Waals surface area contributed by atoms with Crippen molar-refractivity contribution in [2.45, 2.75) is 11.8 Å². The van der Waals surface area contributed by atoms with Crippen LogP contribution in [0.5, 0.6) is 5.75 Å². The summed E-state index contributed by atoms with van der Waals surface area (Å²) in [6.45, 7) is 1.16. The smallest absolute Gasteiger partial charge is 0.298 e. The van der Waals surface area contributed by atoms with Gasteiger partial charge < -0.3 is 15.5 Å². The molecule has 0 atom stereocenters. The fourth-order valence-electron chi connectivity index (χ4n) is 2.00. The minimum absolute atomic E-state index is 0.408. The van der Waals surface area contributed by atoms with E-state index < -0.39 is 49.5 Å². The third-order valence-electron chi connectivity index (χ3n) is 3.27. The van der Waals surface area contributed by atoms with E-state index in [1.165, 1.54) is 0 Å². The molecule has 2 rings (SSSR count). The first-order chi connectivity index (χ1) is 13.1. The van der Waals surface area contributed by atoms with Crippen molar-refractivity contribution in [1.29, 1.82) is 0 Å². The van der Waals surface area contributed by atoms with Gasteiger partial charge in [-0.25, -0.2) is 0 Å². The second kappa shape index (κ2) is 8.37. The molecular formula is C16H14N4O7S. The summed E-state index contributed by atoms with van der Waals surface area (Å²) in [5, 5.41) is 31.6. The van der Waals surface area contributed by atoms with Gasteiger partial charge in [-0.3, -0.25) is 9.35 Å². The maximum Gasteiger partial charge on any atom is 0.298 e. The lowest BCUT2D eigenvalue weighted by molar-refractivity contribution is -0.113. The zero-order chi connectivity index (χ0) is 20.9. The highest BCUT2D eigenvalue weighted by Crippen LogP contribution is 2.38. The SMILES string of the molecule is C/C(O)=C(/N=Nc1cc(N=O)cc(S(=O)(=O)O)c1O)C(=O)Nc1ccccc1. The number of carbonyl (C=O) groups excluding carboxylic acids is 1. The number of amides is 1. The number of nitrogens with one attached hydrogen (secondary N) is 1. The highest BCUT2D eigenvalue weighted by Gasteiger charge is 2.21. The summed E-state index contributed by atoms with van der Waals surface area (Å²) in [6, 6.07) is 9.74. The molecule has 1 amide bonds. The zero-order valence-electron chi connectivity index (χ0n) is 14.3. The Hall–Kier alpha value is -3.64. The number of benzene rings is 2. The minimum Gasteiger partial charge on any atom is -0.510 e. The average molecular weight is 406 g/mol. The minimum atomic E-state index is -4.89. The monoisotopic (exact) mass is 406 g/mol. The number of phenols is 1. The number of nitroso groups, excluding NO2 is 1. The molecule has 0 aliphatic carbocycles. The summed E-state index contributed by atoms with van der Waals surface area (Å²) in [5.41, 5.74) is -1.18. The zero-order valence-corrected chi connectivity index (χ0v) is 15.1. The lowest BCUT2D eigenvalue weighted by atomic mass is 10.2. The summed E-state index contributed by atoms with van der Waals surface area (Å²) < 4.78 is 31.7. The van der Waals surface area contributed by atoms with Crippen molar-refractivity contribution >= 4 is 33.1 Å². The van der Waals surface area contributed by atoms with E-state index in [9.17, 15) is 28.3 Å². The maximum absolute atomic E-state index is 12.3. The third-order valence-corrected chi connectivity index (χ3v) is 4.14. The van der Waals surface area contributed by atoms with Gasteiger partial charge in [0.2, 0.25) is 0 Å². The maximum atomic E-state index is 12.3. The molecule has 28 heavy (non-hydrogen) atoms. The van der Waals surface area contributed by atoms with Crippen molar-refractivity contribution < 1.29 is 28.0 Å². The lowest BCUT2D eigenvalue weighted by Crippen LogP contribution is -2.14. The van der Waals surface area contributed by atoms with Crippen LogP contribution < -0.4 is 5.32 Å². The van der Waals surface area contributed by atoms with Crippen LogP contribution in [0.25, 0.3) is 0 Å². The van der Waals surface area contributed by atoms with Gasteiger partial charge in [0.25, 0.3) is 16.0 Å². The molecule has 0 radical (unpaired) electrons. The molecule has 0 aliphatic rings. The molecule has 11 nitrogen and oxygen atoms in total. The quantitative estimate of drug-likeness (QED) is 0.186. The molecule has 0 fully saturated rings. The number of rotatable bonds is 6. The number of azo groups is 1. The van der Waals surface area contributed by atoms with Crippen LogP contribution in [0.2, 0.25) is 0 Å². The summed E-state index contributed by atoms with van der Waals surface area (Å²) >= 11 is 0.